The first-order valence-corrected chi connectivity index (χ1v) is 5.91. The average Bonchev–Trinajstić information content (AvgIpc) is 2.31. The fourth-order valence-corrected chi connectivity index (χ4v) is 1.72. The molecule has 2 atom stereocenters. The van der Waals surface area contributed by atoms with Crippen LogP contribution in [0.25, 0.3) is 0 Å². The molecule has 0 amide bonds. The molecule has 1 aromatic carbocycles. The molecule has 6 heteroatoms. The van der Waals surface area contributed by atoms with Gasteiger partial charge in [-0.05, 0) is 30.9 Å². The molecule has 0 spiro atoms. The Morgan fingerprint density at radius 1 is 1.11 bits per heavy atom. The van der Waals surface area contributed by atoms with Crippen molar-refractivity contribution >= 4 is 12.4 Å². The van der Waals surface area contributed by atoms with Gasteiger partial charge >= 0.3 is 0 Å². The summed E-state index contributed by atoms with van der Waals surface area (Å²) >= 11 is 0. The molecule has 1 rings (SSSR count). The normalized spacial score (nSPS) is 14.1. The molecular weight excluding hydrogens is 279 g/mol. The molecule has 0 heterocycles. The molecule has 3 N–H and O–H groups in total. The van der Waals surface area contributed by atoms with Crippen molar-refractivity contribution in [1.82, 2.24) is 0 Å². The zero-order valence-corrected chi connectivity index (χ0v) is 11.7. The van der Waals surface area contributed by atoms with Crippen molar-refractivity contribution in [2.45, 2.75) is 38.8 Å². The second-order valence-electron chi connectivity index (χ2n) is 4.82. The first kappa shape index (κ1) is 18.2. The quantitative estimate of drug-likeness (QED) is 0.819. The van der Waals surface area contributed by atoms with Gasteiger partial charge in [-0.1, -0.05) is 13.8 Å². The van der Waals surface area contributed by atoms with Gasteiger partial charge in [-0.25, -0.2) is 13.2 Å². The van der Waals surface area contributed by atoms with Crippen molar-refractivity contribution in [3.63, 3.8) is 0 Å². The summed E-state index contributed by atoms with van der Waals surface area (Å²) in [5, 5.41) is 9.78. The molecule has 0 bridgehead atoms. The van der Waals surface area contributed by atoms with Crippen LogP contribution in [0, 0.1) is 23.4 Å². The van der Waals surface area contributed by atoms with Gasteiger partial charge in [0.25, 0.3) is 0 Å². The van der Waals surface area contributed by atoms with Crippen LogP contribution in [0.3, 0.4) is 0 Å². The third kappa shape index (κ3) is 4.67. The number of rotatable bonds is 5. The first-order valence-electron chi connectivity index (χ1n) is 5.91. The van der Waals surface area contributed by atoms with Gasteiger partial charge in [0.15, 0.2) is 11.6 Å². The Hall–Kier alpha value is -0.780. The maximum absolute atomic E-state index is 13.5. The van der Waals surface area contributed by atoms with Gasteiger partial charge in [0, 0.05) is 5.56 Å². The van der Waals surface area contributed by atoms with E-state index in [1.165, 1.54) is 0 Å². The second-order valence-corrected chi connectivity index (χ2v) is 4.82. The Labute approximate surface area is 117 Å². The van der Waals surface area contributed by atoms with E-state index in [9.17, 15) is 18.3 Å². The van der Waals surface area contributed by atoms with Crippen LogP contribution in [-0.2, 0) is 0 Å². The smallest absolute Gasteiger partial charge is 0.166 e. The maximum Gasteiger partial charge on any atom is 0.166 e. The molecule has 0 fully saturated rings. The van der Waals surface area contributed by atoms with Crippen molar-refractivity contribution < 1.29 is 18.3 Å². The zero-order valence-electron chi connectivity index (χ0n) is 10.9. The van der Waals surface area contributed by atoms with E-state index in [4.69, 9.17) is 5.73 Å². The summed E-state index contributed by atoms with van der Waals surface area (Å²) in [6, 6.07) is 0.240. The molecule has 0 unspecified atom stereocenters. The van der Waals surface area contributed by atoms with Crippen molar-refractivity contribution in [3.8, 4) is 0 Å². The molecule has 0 aliphatic rings. The molecule has 0 aliphatic carbocycles. The Morgan fingerprint density at radius 3 is 2.16 bits per heavy atom. The van der Waals surface area contributed by atoms with Gasteiger partial charge in [0.2, 0.25) is 0 Å². The molecule has 1 aromatic rings. The molecule has 0 radical (unpaired) electrons. The van der Waals surface area contributed by atoms with Crippen LogP contribution >= 0.6 is 12.4 Å². The van der Waals surface area contributed by atoms with E-state index >= 15 is 0 Å². The third-order valence-corrected chi connectivity index (χ3v) is 2.87. The van der Waals surface area contributed by atoms with Crippen LogP contribution in [0.2, 0.25) is 0 Å². The van der Waals surface area contributed by atoms with Gasteiger partial charge in [-0.2, -0.15) is 0 Å². The lowest BCUT2D eigenvalue weighted by Crippen LogP contribution is -2.28. The van der Waals surface area contributed by atoms with Gasteiger partial charge in [0.05, 0.1) is 12.1 Å². The fraction of sp³-hybridized carbons (Fsp3) is 0.538. The Bertz CT molecular complexity index is 415. The van der Waals surface area contributed by atoms with E-state index in [-0.39, 0.29) is 12.4 Å². The summed E-state index contributed by atoms with van der Waals surface area (Å²) < 4.78 is 39.9. The van der Waals surface area contributed by atoms with E-state index in [2.05, 4.69) is 0 Å². The predicted octanol–water partition coefficient (Wildman–Crippen LogP) is 3.32. The summed E-state index contributed by atoms with van der Waals surface area (Å²) in [7, 11) is 0. The van der Waals surface area contributed by atoms with Gasteiger partial charge in [0.1, 0.15) is 5.82 Å². The third-order valence-electron chi connectivity index (χ3n) is 2.87. The largest absolute Gasteiger partial charge is 0.391 e. The fourth-order valence-electron chi connectivity index (χ4n) is 1.72. The van der Waals surface area contributed by atoms with E-state index in [0.717, 1.165) is 6.07 Å². The van der Waals surface area contributed by atoms with E-state index in [1.807, 2.05) is 13.8 Å². The van der Waals surface area contributed by atoms with Crippen LogP contribution in [-0.4, -0.2) is 11.2 Å². The van der Waals surface area contributed by atoms with Crippen molar-refractivity contribution in [2.75, 3.05) is 0 Å². The molecule has 0 saturated carbocycles. The van der Waals surface area contributed by atoms with Gasteiger partial charge < -0.3 is 10.8 Å². The average molecular weight is 298 g/mol. The predicted molar refractivity (Wildman–Crippen MR) is 70.6 cm³/mol. The molecule has 2 nitrogen and oxygen atoms in total. The lowest BCUT2D eigenvalue weighted by atomic mass is 9.95. The molecule has 19 heavy (non-hydrogen) atoms. The number of aliphatic hydroxyl groups is 1. The van der Waals surface area contributed by atoms with E-state index in [0.29, 0.717) is 24.8 Å². The van der Waals surface area contributed by atoms with Crippen molar-refractivity contribution in [2.24, 2.45) is 11.7 Å². The molecule has 110 valence electrons. The highest BCUT2D eigenvalue weighted by Gasteiger charge is 2.25. The van der Waals surface area contributed by atoms with Crippen LogP contribution in [0.4, 0.5) is 13.2 Å². The molecule has 0 aliphatic heterocycles. The SMILES string of the molecule is CC(C)CC[C@H](O)[C@H](N)c1c(F)ccc(F)c1F.Cl. The van der Waals surface area contributed by atoms with Gasteiger partial charge in [-0.15, -0.1) is 12.4 Å². The Morgan fingerprint density at radius 2 is 1.63 bits per heavy atom. The van der Waals surface area contributed by atoms with Crippen LogP contribution < -0.4 is 5.73 Å². The lowest BCUT2D eigenvalue weighted by Gasteiger charge is -2.21. The molecular formula is C13H19ClF3NO. The van der Waals surface area contributed by atoms with Gasteiger partial charge in [-0.3, -0.25) is 0 Å². The first-order chi connectivity index (χ1) is 8.34. The highest BCUT2D eigenvalue weighted by molar-refractivity contribution is 5.85. The second kappa shape index (κ2) is 7.72. The summed E-state index contributed by atoms with van der Waals surface area (Å²) in [6.45, 7) is 3.92. The minimum atomic E-state index is -1.33. The zero-order chi connectivity index (χ0) is 13.9. The Kier molecular flexibility index (Phi) is 7.41. The van der Waals surface area contributed by atoms with Crippen LogP contribution in [0.15, 0.2) is 12.1 Å². The number of halogens is 4. The minimum Gasteiger partial charge on any atom is -0.391 e. The minimum absolute atomic E-state index is 0. The van der Waals surface area contributed by atoms with E-state index in [1.54, 1.807) is 0 Å². The number of aliphatic hydroxyl groups excluding tert-OH is 1. The summed E-state index contributed by atoms with van der Waals surface area (Å²) in [5.74, 6) is -3.09. The number of benzene rings is 1. The van der Waals surface area contributed by atoms with Crippen LogP contribution in [0.1, 0.15) is 38.3 Å². The Balaban J connectivity index is 0.00000324. The van der Waals surface area contributed by atoms with Crippen LogP contribution in [0.5, 0.6) is 0 Å². The highest BCUT2D eigenvalue weighted by Crippen LogP contribution is 2.25. The highest BCUT2D eigenvalue weighted by atomic mass is 35.5. The lowest BCUT2D eigenvalue weighted by molar-refractivity contribution is 0.125. The standard InChI is InChI=1S/C13H18F3NO.ClH/c1-7(2)3-6-10(18)13(17)11-8(14)4-5-9(15)12(11)16;/h4-5,7,10,13,18H,3,6,17H2,1-2H3;1H/t10-,13-;/m0./s1. The summed E-state index contributed by atoms with van der Waals surface area (Å²) in [4.78, 5) is 0. The maximum atomic E-state index is 13.5. The van der Waals surface area contributed by atoms with Crippen molar-refractivity contribution in [1.29, 1.82) is 0 Å². The van der Waals surface area contributed by atoms with E-state index < -0.39 is 35.2 Å². The topological polar surface area (TPSA) is 46.2 Å². The molecule has 0 aromatic heterocycles. The van der Waals surface area contributed by atoms with Crippen molar-refractivity contribution in [3.05, 3.63) is 35.1 Å². The monoisotopic (exact) mass is 297 g/mol. The molecule has 0 saturated heterocycles. The summed E-state index contributed by atoms with van der Waals surface area (Å²) in [6.07, 6.45) is -0.111. The number of hydrogen-bond donors (Lipinski definition) is 2. The summed E-state index contributed by atoms with van der Waals surface area (Å²) in [5.41, 5.74) is 5.01. The number of hydrogen-bond acceptors (Lipinski definition) is 2. The number of nitrogens with two attached hydrogens (primary N) is 1.